The molecule has 1 aromatic carbocycles. The number of allylic oxidation sites excluding steroid dienone is 1. The van der Waals surface area contributed by atoms with E-state index in [2.05, 4.69) is 5.32 Å². The monoisotopic (exact) mass is 299 g/mol. The van der Waals surface area contributed by atoms with Crippen molar-refractivity contribution in [1.82, 2.24) is 5.32 Å². The number of hydrogen-bond donors (Lipinski definition) is 2. The van der Waals surface area contributed by atoms with Gasteiger partial charge in [-0.1, -0.05) is 43.5 Å². The number of aliphatic hydroxyl groups excluding tert-OH is 1. The van der Waals surface area contributed by atoms with Crippen LogP contribution in [0.2, 0.25) is 0 Å². The highest BCUT2D eigenvalue weighted by Crippen LogP contribution is 2.28. The molecule has 1 fully saturated rings. The first kappa shape index (κ1) is 14.5. The van der Waals surface area contributed by atoms with Crippen molar-refractivity contribution in [2.24, 2.45) is 5.92 Å². The van der Waals surface area contributed by atoms with Gasteiger partial charge in [0.05, 0.1) is 0 Å². The molecule has 2 aliphatic rings. The zero-order chi connectivity index (χ0) is 15.7. The van der Waals surface area contributed by atoms with Crippen LogP contribution in [0.25, 0.3) is 5.76 Å². The summed E-state index contributed by atoms with van der Waals surface area (Å²) in [5.74, 6) is -2.34. The van der Waals surface area contributed by atoms with Crippen LogP contribution in [0.4, 0.5) is 0 Å². The molecule has 3 rings (SSSR count). The van der Waals surface area contributed by atoms with Crippen LogP contribution in [0.15, 0.2) is 30.0 Å². The third-order valence-corrected chi connectivity index (χ3v) is 4.32. The number of carbonyl (C=O) groups is 3. The Balaban J connectivity index is 1.90. The van der Waals surface area contributed by atoms with E-state index in [0.29, 0.717) is 0 Å². The van der Waals surface area contributed by atoms with Crippen molar-refractivity contribution in [1.29, 1.82) is 0 Å². The molecule has 2 aliphatic carbocycles. The number of amides is 1. The molecule has 0 unspecified atom stereocenters. The minimum absolute atomic E-state index is 0.158. The lowest BCUT2D eigenvalue weighted by atomic mass is 9.87. The van der Waals surface area contributed by atoms with Crippen molar-refractivity contribution in [3.8, 4) is 0 Å². The predicted molar refractivity (Wildman–Crippen MR) is 80.0 cm³/mol. The molecule has 1 aromatic rings. The summed E-state index contributed by atoms with van der Waals surface area (Å²) in [6, 6.07) is 6.34. The van der Waals surface area contributed by atoms with Gasteiger partial charge < -0.3 is 10.4 Å². The Bertz CT molecular complexity index is 684. The van der Waals surface area contributed by atoms with Crippen LogP contribution in [-0.2, 0) is 9.59 Å². The standard InChI is InChI=1S/C17H17NO4/c19-14-11-8-4-5-9-12(11)15(20)16(21)13(14)18-17(22)10-6-2-1-3-7-10/h4-5,8-10,19H,1-3,6-7H2,(H,18,22). The summed E-state index contributed by atoms with van der Waals surface area (Å²) in [5, 5.41) is 12.7. The molecule has 2 N–H and O–H groups in total. The molecule has 0 aliphatic heterocycles. The second-order valence-electron chi connectivity index (χ2n) is 5.75. The number of nitrogens with one attached hydrogen (secondary N) is 1. The first-order valence-corrected chi connectivity index (χ1v) is 7.52. The molecule has 0 radical (unpaired) electrons. The predicted octanol–water partition coefficient (Wildman–Crippen LogP) is 2.38. The van der Waals surface area contributed by atoms with Gasteiger partial charge in [0.25, 0.3) is 5.78 Å². The second-order valence-corrected chi connectivity index (χ2v) is 5.75. The Morgan fingerprint density at radius 3 is 2.32 bits per heavy atom. The molecule has 0 spiro atoms. The van der Waals surface area contributed by atoms with E-state index in [-0.39, 0.29) is 34.4 Å². The molecular formula is C17H17NO4. The van der Waals surface area contributed by atoms with Crippen molar-refractivity contribution >= 4 is 23.2 Å². The van der Waals surface area contributed by atoms with Crippen LogP contribution in [0, 0.1) is 5.92 Å². The van der Waals surface area contributed by atoms with Crippen molar-refractivity contribution in [3.05, 3.63) is 41.1 Å². The Hall–Kier alpha value is -2.43. The van der Waals surface area contributed by atoms with Gasteiger partial charge in [0.1, 0.15) is 5.70 Å². The van der Waals surface area contributed by atoms with E-state index in [1.54, 1.807) is 18.2 Å². The van der Waals surface area contributed by atoms with E-state index in [1.807, 2.05) is 0 Å². The van der Waals surface area contributed by atoms with Gasteiger partial charge >= 0.3 is 0 Å². The number of hydrogen-bond acceptors (Lipinski definition) is 4. The fourth-order valence-electron chi connectivity index (χ4n) is 3.07. The molecule has 5 heteroatoms. The molecule has 5 nitrogen and oxygen atoms in total. The summed E-state index contributed by atoms with van der Waals surface area (Å²) in [4.78, 5) is 36.5. The molecule has 1 amide bonds. The highest BCUT2D eigenvalue weighted by atomic mass is 16.3. The van der Waals surface area contributed by atoms with Gasteiger partial charge in [0, 0.05) is 17.0 Å². The Labute approximate surface area is 128 Å². The highest BCUT2D eigenvalue weighted by Gasteiger charge is 2.34. The van der Waals surface area contributed by atoms with E-state index in [1.165, 1.54) is 6.07 Å². The van der Waals surface area contributed by atoms with Crippen LogP contribution < -0.4 is 5.32 Å². The molecule has 0 saturated heterocycles. The van der Waals surface area contributed by atoms with Crippen LogP contribution in [0.3, 0.4) is 0 Å². The third kappa shape index (κ3) is 2.43. The van der Waals surface area contributed by atoms with Crippen molar-refractivity contribution in [2.75, 3.05) is 0 Å². The topological polar surface area (TPSA) is 83.5 Å². The van der Waals surface area contributed by atoms with Crippen LogP contribution in [0.5, 0.6) is 0 Å². The summed E-state index contributed by atoms with van der Waals surface area (Å²) < 4.78 is 0. The summed E-state index contributed by atoms with van der Waals surface area (Å²) in [6.07, 6.45) is 4.64. The van der Waals surface area contributed by atoms with E-state index in [0.717, 1.165) is 32.1 Å². The Morgan fingerprint density at radius 2 is 1.64 bits per heavy atom. The zero-order valence-corrected chi connectivity index (χ0v) is 12.1. The van der Waals surface area contributed by atoms with Gasteiger partial charge in [-0.25, -0.2) is 0 Å². The maximum absolute atomic E-state index is 12.3. The lowest BCUT2D eigenvalue weighted by Crippen LogP contribution is -2.38. The van der Waals surface area contributed by atoms with Crippen molar-refractivity contribution in [3.63, 3.8) is 0 Å². The number of rotatable bonds is 2. The molecule has 114 valence electrons. The average molecular weight is 299 g/mol. The number of benzene rings is 1. The maximum atomic E-state index is 12.3. The fraction of sp³-hybridized carbons (Fsp3) is 0.353. The SMILES string of the molecule is O=C1C(=O)c2ccccc2C(O)=C1NC(=O)C1CCCCC1. The molecule has 0 bridgehead atoms. The van der Waals surface area contributed by atoms with Gasteiger partial charge in [-0.05, 0) is 12.8 Å². The minimum atomic E-state index is -0.861. The highest BCUT2D eigenvalue weighted by molar-refractivity contribution is 6.52. The van der Waals surface area contributed by atoms with Gasteiger partial charge in [-0.3, -0.25) is 14.4 Å². The number of aliphatic hydroxyl groups is 1. The lowest BCUT2D eigenvalue weighted by molar-refractivity contribution is -0.126. The van der Waals surface area contributed by atoms with Crippen molar-refractivity contribution < 1.29 is 19.5 Å². The Morgan fingerprint density at radius 1 is 1.00 bits per heavy atom. The number of fused-ring (bicyclic) bond motifs is 1. The zero-order valence-electron chi connectivity index (χ0n) is 12.1. The number of carbonyl (C=O) groups excluding carboxylic acids is 3. The molecular weight excluding hydrogens is 282 g/mol. The first-order valence-electron chi connectivity index (χ1n) is 7.52. The Kier molecular flexibility index (Phi) is 3.79. The average Bonchev–Trinajstić information content (AvgIpc) is 2.57. The van der Waals surface area contributed by atoms with Crippen molar-refractivity contribution in [2.45, 2.75) is 32.1 Å². The maximum Gasteiger partial charge on any atom is 0.253 e. The van der Waals surface area contributed by atoms with Crippen LogP contribution in [0.1, 0.15) is 48.0 Å². The van der Waals surface area contributed by atoms with Gasteiger partial charge in [-0.2, -0.15) is 0 Å². The van der Waals surface area contributed by atoms with Gasteiger partial charge in [0.2, 0.25) is 11.7 Å². The smallest absolute Gasteiger partial charge is 0.253 e. The fourth-order valence-corrected chi connectivity index (χ4v) is 3.07. The molecule has 0 atom stereocenters. The quantitative estimate of drug-likeness (QED) is 0.821. The third-order valence-electron chi connectivity index (χ3n) is 4.32. The summed E-state index contributed by atoms with van der Waals surface area (Å²) in [6.45, 7) is 0. The van der Waals surface area contributed by atoms with Gasteiger partial charge in [0.15, 0.2) is 5.76 Å². The van der Waals surface area contributed by atoms with Crippen LogP contribution in [-0.4, -0.2) is 22.6 Å². The number of ketones is 2. The lowest BCUT2D eigenvalue weighted by Gasteiger charge is -2.23. The first-order chi connectivity index (χ1) is 10.6. The summed E-state index contributed by atoms with van der Waals surface area (Å²) >= 11 is 0. The molecule has 0 heterocycles. The van der Waals surface area contributed by atoms with E-state index in [4.69, 9.17) is 0 Å². The number of Topliss-reactive ketones (excluding diaryl/α,β-unsaturated/α-hetero) is 2. The normalized spacial score (nSPS) is 19.1. The van der Waals surface area contributed by atoms with E-state index >= 15 is 0 Å². The minimum Gasteiger partial charge on any atom is -0.505 e. The van der Waals surface area contributed by atoms with Gasteiger partial charge in [-0.15, -0.1) is 0 Å². The van der Waals surface area contributed by atoms with E-state index in [9.17, 15) is 19.5 Å². The summed E-state index contributed by atoms with van der Waals surface area (Å²) in [7, 11) is 0. The molecule has 22 heavy (non-hydrogen) atoms. The van der Waals surface area contributed by atoms with Crippen LogP contribution >= 0.6 is 0 Å². The largest absolute Gasteiger partial charge is 0.505 e. The summed E-state index contributed by atoms with van der Waals surface area (Å²) in [5.41, 5.74) is 0.158. The second kappa shape index (κ2) is 5.75. The van der Waals surface area contributed by atoms with E-state index < -0.39 is 11.6 Å². The molecule has 1 saturated carbocycles. The molecule has 0 aromatic heterocycles.